The van der Waals surface area contributed by atoms with Gasteiger partial charge in [0.2, 0.25) is 0 Å². The summed E-state index contributed by atoms with van der Waals surface area (Å²) >= 11 is 0. The summed E-state index contributed by atoms with van der Waals surface area (Å²) in [7, 11) is 4.33. The Bertz CT molecular complexity index is 275. The van der Waals surface area contributed by atoms with Crippen molar-refractivity contribution >= 4 is 0 Å². The van der Waals surface area contributed by atoms with Crippen LogP contribution in [0.1, 0.15) is 51.9 Å². The Morgan fingerprint density at radius 1 is 1.05 bits per heavy atom. The zero-order chi connectivity index (χ0) is 13.5. The van der Waals surface area contributed by atoms with Crippen LogP contribution in [0.5, 0.6) is 0 Å². The third-order valence-electron chi connectivity index (χ3n) is 5.95. The molecular formula is C17H32N2. The minimum atomic E-state index is 0.629. The summed E-state index contributed by atoms with van der Waals surface area (Å²) in [5, 5.41) is 3.75. The lowest BCUT2D eigenvalue weighted by Gasteiger charge is -2.57. The summed E-state index contributed by atoms with van der Waals surface area (Å²) < 4.78 is 0. The molecule has 1 atom stereocenters. The smallest absolute Gasteiger partial charge is 0.0166 e. The first-order chi connectivity index (χ1) is 9.05. The second-order valence-electron chi connectivity index (χ2n) is 8.28. The highest BCUT2D eigenvalue weighted by molar-refractivity contribution is 5.01. The first kappa shape index (κ1) is 13.9. The van der Waals surface area contributed by atoms with Crippen molar-refractivity contribution < 1.29 is 0 Å². The minimum absolute atomic E-state index is 0.629. The Kier molecular flexibility index (Phi) is 3.92. The molecule has 0 radical (unpaired) electrons. The van der Waals surface area contributed by atoms with Crippen LogP contribution >= 0.6 is 0 Å². The van der Waals surface area contributed by atoms with Gasteiger partial charge in [-0.25, -0.2) is 0 Å². The van der Waals surface area contributed by atoms with E-state index in [-0.39, 0.29) is 0 Å². The second kappa shape index (κ2) is 5.37. The Morgan fingerprint density at radius 2 is 1.58 bits per heavy atom. The lowest BCUT2D eigenvalue weighted by Crippen LogP contribution is -2.47. The standard InChI is InChI=1S/C17H32N2/c1-13(12-19(2)3)18-5-4-17-9-14-6-15(10-17)8-16(7-14)11-17/h13-16,18H,4-12H2,1-3H3. The van der Waals surface area contributed by atoms with Crippen molar-refractivity contribution in [1.82, 2.24) is 10.2 Å². The van der Waals surface area contributed by atoms with Crippen LogP contribution in [0, 0.1) is 23.2 Å². The molecule has 0 aliphatic heterocycles. The fraction of sp³-hybridized carbons (Fsp3) is 1.00. The molecule has 4 aliphatic rings. The summed E-state index contributed by atoms with van der Waals surface area (Å²) in [5.74, 6) is 3.31. The van der Waals surface area contributed by atoms with Gasteiger partial charge in [-0.15, -0.1) is 0 Å². The zero-order valence-electron chi connectivity index (χ0n) is 13.1. The molecule has 2 heteroatoms. The van der Waals surface area contributed by atoms with E-state index in [1.165, 1.54) is 13.0 Å². The Morgan fingerprint density at radius 3 is 2.05 bits per heavy atom. The molecule has 4 rings (SSSR count). The van der Waals surface area contributed by atoms with Crippen molar-refractivity contribution in [3.05, 3.63) is 0 Å². The van der Waals surface area contributed by atoms with Crippen LogP contribution in [0.15, 0.2) is 0 Å². The van der Waals surface area contributed by atoms with Crippen LogP contribution < -0.4 is 5.32 Å². The van der Waals surface area contributed by atoms with Gasteiger partial charge in [-0.05, 0) is 95.7 Å². The largest absolute Gasteiger partial charge is 0.313 e. The lowest BCUT2D eigenvalue weighted by molar-refractivity contribution is -0.0569. The van der Waals surface area contributed by atoms with Crippen LogP contribution in [0.3, 0.4) is 0 Å². The molecule has 0 amide bonds. The molecule has 19 heavy (non-hydrogen) atoms. The second-order valence-corrected chi connectivity index (χ2v) is 8.28. The van der Waals surface area contributed by atoms with Gasteiger partial charge in [0.05, 0.1) is 0 Å². The number of likely N-dealkylation sites (N-methyl/N-ethyl adjacent to an activating group) is 1. The average Bonchev–Trinajstić information content (AvgIpc) is 2.25. The summed E-state index contributed by atoms with van der Waals surface area (Å²) in [6, 6.07) is 0.629. The average molecular weight is 264 g/mol. The molecule has 0 heterocycles. The molecule has 0 aromatic carbocycles. The molecule has 4 aliphatic carbocycles. The van der Waals surface area contributed by atoms with E-state index in [2.05, 4.69) is 31.2 Å². The highest BCUT2D eigenvalue weighted by Crippen LogP contribution is 2.61. The van der Waals surface area contributed by atoms with E-state index in [1.54, 1.807) is 38.5 Å². The van der Waals surface area contributed by atoms with Gasteiger partial charge in [0, 0.05) is 12.6 Å². The molecule has 0 aromatic heterocycles. The summed E-state index contributed by atoms with van der Waals surface area (Å²) in [6.07, 6.45) is 10.8. The van der Waals surface area contributed by atoms with E-state index in [1.807, 2.05) is 0 Å². The molecule has 0 saturated heterocycles. The van der Waals surface area contributed by atoms with Crippen LogP contribution in [-0.2, 0) is 0 Å². The predicted molar refractivity (Wildman–Crippen MR) is 81.2 cm³/mol. The SMILES string of the molecule is CC(CN(C)C)NCCC12CC3CC(CC(C3)C1)C2. The van der Waals surface area contributed by atoms with Gasteiger partial charge in [0.1, 0.15) is 0 Å². The molecular weight excluding hydrogens is 232 g/mol. The van der Waals surface area contributed by atoms with Gasteiger partial charge in [-0.3, -0.25) is 0 Å². The summed E-state index contributed by atoms with van der Waals surface area (Å²) in [5.41, 5.74) is 0.750. The molecule has 2 nitrogen and oxygen atoms in total. The van der Waals surface area contributed by atoms with E-state index >= 15 is 0 Å². The van der Waals surface area contributed by atoms with Gasteiger partial charge in [-0.1, -0.05) is 0 Å². The van der Waals surface area contributed by atoms with Crippen LogP contribution in [-0.4, -0.2) is 38.1 Å². The molecule has 1 N–H and O–H groups in total. The number of nitrogens with one attached hydrogen (secondary N) is 1. The maximum absolute atomic E-state index is 3.75. The van der Waals surface area contributed by atoms with Gasteiger partial charge in [0.15, 0.2) is 0 Å². The van der Waals surface area contributed by atoms with Gasteiger partial charge in [0.25, 0.3) is 0 Å². The van der Waals surface area contributed by atoms with Crippen molar-refractivity contribution in [2.24, 2.45) is 23.2 Å². The predicted octanol–water partition coefficient (Wildman–Crippen LogP) is 3.13. The summed E-state index contributed by atoms with van der Waals surface area (Å²) in [6.45, 7) is 4.71. The normalized spacial score (nSPS) is 42.0. The first-order valence-electron chi connectivity index (χ1n) is 8.43. The van der Waals surface area contributed by atoms with Crippen molar-refractivity contribution in [1.29, 1.82) is 0 Å². The number of hydrogen-bond acceptors (Lipinski definition) is 2. The first-order valence-corrected chi connectivity index (χ1v) is 8.43. The number of hydrogen-bond donors (Lipinski definition) is 1. The van der Waals surface area contributed by atoms with Crippen molar-refractivity contribution in [3.63, 3.8) is 0 Å². The topological polar surface area (TPSA) is 15.3 Å². The van der Waals surface area contributed by atoms with E-state index < -0.39 is 0 Å². The van der Waals surface area contributed by atoms with Gasteiger partial charge < -0.3 is 10.2 Å². The monoisotopic (exact) mass is 264 g/mol. The van der Waals surface area contributed by atoms with E-state index in [0.29, 0.717) is 6.04 Å². The lowest BCUT2D eigenvalue weighted by atomic mass is 9.49. The molecule has 110 valence electrons. The van der Waals surface area contributed by atoms with Crippen LogP contribution in [0.2, 0.25) is 0 Å². The maximum atomic E-state index is 3.75. The molecule has 4 saturated carbocycles. The molecule has 4 bridgehead atoms. The van der Waals surface area contributed by atoms with E-state index in [4.69, 9.17) is 0 Å². The number of nitrogens with zero attached hydrogens (tertiary/aromatic N) is 1. The molecule has 0 aromatic rings. The van der Waals surface area contributed by atoms with Gasteiger partial charge >= 0.3 is 0 Å². The number of rotatable bonds is 6. The fourth-order valence-electron chi connectivity index (χ4n) is 5.79. The van der Waals surface area contributed by atoms with Crippen molar-refractivity contribution in [3.8, 4) is 0 Å². The quantitative estimate of drug-likeness (QED) is 0.793. The molecule has 4 fully saturated rings. The minimum Gasteiger partial charge on any atom is -0.313 e. The molecule has 0 spiro atoms. The van der Waals surface area contributed by atoms with E-state index in [0.717, 1.165) is 29.7 Å². The van der Waals surface area contributed by atoms with Crippen molar-refractivity contribution in [2.45, 2.75) is 57.9 Å². The Balaban J connectivity index is 1.47. The fourth-order valence-corrected chi connectivity index (χ4v) is 5.79. The van der Waals surface area contributed by atoms with Crippen LogP contribution in [0.25, 0.3) is 0 Å². The van der Waals surface area contributed by atoms with Crippen molar-refractivity contribution in [2.75, 3.05) is 27.2 Å². The Hall–Kier alpha value is -0.0800. The van der Waals surface area contributed by atoms with E-state index in [9.17, 15) is 0 Å². The summed E-state index contributed by atoms with van der Waals surface area (Å²) in [4.78, 5) is 2.28. The highest BCUT2D eigenvalue weighted by atomic mass is 15.1. The maximum Gasteiger partial charge on any atom is 0.0166 e. The zero-order valence-corrected chi connectivity index (χ0v) is 13.1. The molecule has 1 unspecified atom stereocenters. The van der Waals surface area contributed by atoms with Gasteiger partial charge in [-0.2, -0.15) is 0 Å². The third-order valence-corrected chi connectivity index (χ3v) is 5.95. The highest BCUT2D eigenvalue weighted by Gasteiger charge is 2.50. The van der Waals surface area contributed by atoms with Crippen LogP contribution in [0.4, 0.5) is 0 Å². The third kappa shape index (κ3) is 3.16. The Labute approximate surface area is 119 Å².